The van der Waals surface area contributed by atoms with Crippen LogP contribution < -0.4 is 14.2 Å². The standard InChI is InChI=1S/C22H33F3N2O6Si2/c1-34(2,3)32-17-10-9-14(13-18(17)33-35(4,5)6)12-15(20(29)30)26-19(28)16-8-7-11-27(16)21(31)22(23,24)25/h9-10,13,15-16H,7-8,11-12H2,1-6H3,(H,26,28)(H,29,30)/t15-,16-/m0/s1. The Kier molecular flexibility index (Phi) is 8.69. The number of carbonyl (C=O) groups is 3. The van der Waals surface area contributed by atoms with E-state index in [1.165, 1.54) is 0 Å². The molecule has 8 nitrogen and oxygen atoms in total. The van der Waals surface area contributed by atoms with E-state index in [0.29, 0.717) is 22.0 Å². The second-order valence-corrected chi connectivity index (χ2v) is 19.3. The Labute approximate surface area is 205 Å². The maximum atomic E-state index is 12.9. The lowest BCUT2D eigenvalue weighted by molar-refractivity contribution is -0.186. The number of alkyl halides is 3. The average Bonchev–Trinajstić information content (AvgIpc) is 3.15. The predicted molar refractivity (Wildman–Crippen MR) is 128 cm³/mol. The van der Waals surface area contributed by atoms with Gasteiger partial charge in [-0.05, 0) is 69.8 Å². The molecule has 13 heteroatoms. The van der Waals surface area contributed by atoms with Gasteiger partial charge in [0, 0.05) is 13.0 Å². The van der Waals surface area contributed by atoms with Gasteiger partial charge in [-0.3, -0.25) is 9.59 Å². The zero-order valence-electron chi connectivity index (χ0n) is 20.8. The molecular formula is C22H33F3N2O6Si2. The monoisotopic (exact) mass is 534 g/mol. The van der Waals surface area contributed by atoms with E-state index in [0.717, 1.165) is 0 Å². The van der Waals surface area contributed by atoms with Gasteiger partial charge in [-0.15, -0.1) is 0 Å². The van der Waals surface area contributed by atoms with Crippen LogP contribution in [0.15, 0.2) is 18.2 Å². The molecule has 35 heavy (non-hydrogen) atoms. The molecule has 0 bridgehead atoms. The van der Waals surface area contributed by atoms with Crippen LogP contribution in [0.3, 0.4) is 0 Å². The quantitative estimate of drug-likeness (QED) is 0.467. The molecule has 196 valence electrons. The molecule has 0 aromatic heterocycles. The Morgan fingerprint density at radius 2 is 1.66 bits per heavy atom. The normalized spacial score (nSPS) is 17.6. The van der Waals surface area contributed by atoms with Crippen molar-refractivity contribution in [3.05, 3.63) is 23.8 Å². The van der Waals surface area contributed by atoms with Gasteiger partial charge in [0.15, 0.2) is 0 Å². The van der Waals surface area contributed by atoms with Crippen molar-refractivity contribution in [2.24, 2.45) is 0 Å². The Bertz CT molecular complexity index is 960. The van der Waals surface area contributed by atoms with Crippen molar-refractivity contribution in [3.8, 4) is 11.5 Å². The van der Waals surface area contributed by atoms with Crippen molar-refractivity contribution in [1.82, 2.24) is 10.2 Å². The lowest BCUT2D eigenvalue weighted by Gasteiger charge is -2.27. The van der Waals surface area contributed by atoms with E-state index in [9.17, 15) is 32.7 Å². The fraction of sp³-hybridized carbons (Fsp3) is 0.591. The van der Waals surface area contributed by atoms with Crippen molar-refractivity contribution in [2.45, 2.75) is 76.8 Å². The third-order valence-corrected chi connectivity index (χ3v) is 6.62. The number of amides is 2. The molecule has 1 saturated heterocycles. The number of carboxylic acids is 1. The van der Waals surface area contributed by atoms with Gasteiger partial charge in [0.1, 0.15) is 23.6 Å². The van der Waals surface area contributed by atoms with Gasteiger partial charge in [-0.2, -0.15) is 13.2 Å². The highest BCUT2D eigenvalue weighted by Gasteiger charge is 2.48. The Hall–Kier alpha value is -2.55. The summed E-state index contributed by atoms with van der Waals surface area (Å²) < 4.78 is 50.9. The number of hydrogen-bond acceptors (Lipinski definition) is 5. The van der Waals surface area contributed by atoms with Crippen LogP contribution in [0.2, 0.25) is 39.3 Å². The molecule has 0 spiro atoms. The number of halogens is 3. The molecule has 1 aromatic carbocycles. The molecule has 1 heterocycles. The van der Waals surface area contributed by atoms with Gasteiger partial charge in [0.05, 0.1) is 0 Å². The molecular weight excluding hydrogens is 501 g/mol. The topological polar surface area (TPSA) is 105 Å². The van der Waals surface area contributed by atoms with Crippen LogP contribution in [-0.4, -0.2) is 69.2 Å². The molecule has 2 amide bonds. The molecule has 1 aliphatic heterocycles. The molecule has 2 N–H and O–H groups in total. The van der Waals surface area contributed by atoms with Crippen LogP contribution in [0.4, 0.5) is 13.2 Å². The van der Waals surface area contributed by atoms with E-state index in [4.69, 9.17) is 8.85 Å². The highest BCUT2D eigenvalue weighted by molar-refractivity contribution is 6.71. The number of nitrogens with one attached hydrogen (secondary N) is 1. The lowest BCUT2D eigenvalue weighted by atomic mass is 10.0. The largest absolute Gasteiger partial charge is 0.542 e. The van der Waals surface area contributed by atoms with Crippen LogP contribution in [0.25, 0.3) is 0 Å². The fourth-order valence-electron chi connectivity index (χ4n) is 3.65. The van der Waals surface area contributed by atoms with Crippen LogP contribution in [-0.2, 0) is 20.8 Å². The zero-order valence-corrected chi connectivity index (χ0v) is 22.8. The summed E-state index contributed by atoms with van der Waals surface area (Å²) in [4.78, 5) is 36.7. The minimum absolute atomic E-state index is 0.0247. The second kappa shape index (κ2) is 10.6. The fourth-order valence-corrected chi connectivity index (χ4v) is 5.30. The van der Waals surface area contributed by atoms with E-state index < -0.39 is 52.7 Å². The van der Waals surface area contributed by atoms with Crippen molar-refractivity contribution < 1.29 is 41.5 Å². The summed E-state index contributed by atoms with van der Waals surface area (Å²) in [6.45, 7) is 11.8. The number of benzene rings is 1. The second-order valence-electron chi connectivity index (χ2n) is 10.5. The summed E-state index contributed by atoms with van der Waals surface area (Å²) in [6, 6.07) is 2.26. The van der Waals surface area contributed by atoms with Crippen LogP contribution in [0.5, 0.6) is 11.5 Å². The van der Waals surface area contributed by atoms with Crippen LogP contribution >= 0.6 is 0 Å². The SMILES string of the molecule is C[Si](C)(C)Oc1ccc(C[C@H](NC(=O)[C@@H]2CCCN2C(=O)C(F)(F)F)C(=O)O)cc1O[Si](C)(C)C. The molecule has 1 fully saturated rings. The Morgan fingerprint density at radius 3 is 2.17 bits per heavy atom. The molecule has 0 aliphatic carbocycles. The summed E-state index contributed by atoms with van der Waals surface area (Å²) in [7, 11) is -4.01. The van der Waals surface area contributed by atoms with E-state index >= 15 is 0 Å². The van der Waals surface area contributed by atoms with Gasteiger partial charge in [-0.1, -0.05) is 6.07 Å². The minimum atomic E-state index is -5.11. The summed E-state index contributed by atoms with van der Waals surface area (Å²) in [5.74, 6) is -3.34. The number of hydrogen-bond donors (Lipinski definition) is 2. The molecule has 1 aliphatic rings. The van der Waals surface area contributed by atoms with Crippen molar-refractivity contribution >= 4 is 34.4 Å². The van der Waals surface area contributed by atoms with E-state index in [-0.39, 0.29) is 25.8 Å². The first-order valence-electron chi connectivity index (χ1n) is 11.3. The molecule has 2 atom stereocenters. The van der Waals surface area contributed by atoms with E-state index in [1.807, 2.05) is 39.3 Å². The summed E-state index contributed by atoms with van der Waals surface area (Å²) in [6.07, 6.45) is -5.00. The van der Waals surface area contributed by atoms with Crippen molar-refractivity contribution in [2.75, 3.05) is 6.54 Å². The number of likely N-dealkylation sites (tertiary alicyclic amines) is 1. The van der Waals surface area contributed by atoms with E-state index in [2.05, 4.69) is 5.32 Å². The third-order valence-electron chi connectivity index (χ3n) is 4.95. The maximum absolute atomic E-state index is 12.9. The highest BCUT2D eigenvalue weighted by atomic mass is 28.4. The first-order chi connectivity index (χ1) is 15.9. The number of nitrogens with zero attached hydrogens (tertiary/aromatic N) is 1. The lowest BCUT2D eigenvalue weighted by Crippen LogP contribution is -2.53. The maximum Gasteiger partial charge on any atom is 0.471 e. The molecule has 0 radical (unpaired) electrons. The number of carboxylic acid groups (broad SMARTS) is 1. The molecule has 1 aromatic rings. The smallest absolute Gasteiger partial charge is 0.471 e. The summed E-state index contributed by atoms with van der Waals surface area (Å²) in [5.41, 5.74) is 0.545. The average molecular weight is 535 g/mol. The molecule has 0 unspecified atom stereocenters. The van der Waals surface area contributed by atoms with Gasteiger partial charge >= 0.3 is 18.1 Å². The number of aliphatic carboxylic acids is 1. The predicted octanol–water partition coefficient (Wildman–Crippen LogP) is 3.78. The first kappa shape index (κ1) is 28.7. The first-order valence-corrected chi connectivity index (χ1v) is 18.1. The van der Waals surface area contributed by atoms with Crippen molar-refractivity contribution in [3.63, 3.8) is 0 Å². The van der Waals surface area contributed by atoms with E-state index in [1.54, 1.807) is 18.2 Å². The number of carbonyl (C=O) groups excluding carboxylic acids is 2. The Balaban J connectivity index is 2.24. The molecule has 2 rings (SSSR count). The van der Waals surface area contributed by atoms with Crippen LogP contribution in [0.1, 0.15) is 18.4 Å². The zero-order chi connectivity index (χ0) is 26.8. The molecule has 0 saturated carbocycles. The van der Waals surface area contributed by atoms with Gasteiger partial charge < -0.3 is 24.2 Å². The van der Waals surface area contributed by atoms with Gasteiger partial charge in [0.2, 0.25) is 22.5 Å². The third kappa shape index (κ3) is 8.56. The van der Waals surface area contributed by atoms with Crippen molar-refractivity contribution in [1.29, 1.82) is 0 Å². The summed E-state index contributed by atoms with van der Waals surface area (Å²) >= 11 is 0. The number of rotatable bonds is 9. The van der Waals surface area contributed by atoms with Crippen LogP contribution in [0, 0.1) is 0 Å². The minimum Gasteiger partial charge on any atom is -0.542 e. The van der Waals surface area contributed by atoms with Gasteiger partial charge in [0.25, 0.3) is 0 Å². The van der Waals surface area contributed by atoms with Gasteiger partial charge in [-0.25, -0.2) is 4.79 Å². The Morgan fingerprint density at radius 1 is 1.09 bits per heavy atom. The summed E-state index contributed by atoms with van der Waals surface area (Å²) in [5, 5.41) is 12.0. The highest BCUT2D eigenvalue weighted by Crippen LogP contribution is 2.33.